The van der Waals surface area contributed by atoms with E-state index < -0.39 is 0 Å². The van der Waals surface area contributed by atoms with Gasteiger partial charge in [-0.05, 0) is 0 Å². The van der Waals surface area contributed by atoms with Crippen LogP contribution in [0.2, 0.25) is 0 Å². The number of morpholine rings is 1. The molecule has 3 nitrogen and oxygen atoms in total. The molecular formula is C7H11NO2S. The van der Waals surface area contributed by atoms with Crippen LogP contribution in [0.15, 0.2) is 12.3 Å². The van der Waals surface area contributed by atoms with Crippen LogP contribution in [-0.2, 0) is 4.74 Å². The van der Waals surface area contributed by atoms with Crippen molar-refractivity contribution in [3.05, 3.63) is 12.3 Å². The molecule has 0 atom stereocenters. The lowest BCUT2D eigenvalue weighted by Gasteiger charge is -2.27. The molecule has 0 saturated carbocycles. The molecule has 0 bridgehead atoms. The van der Waals surface area contributed by atoms with Crippen LogP contribution in [0.1, 0.15) is 0 Å². The van der Waals surface area contributed by atoms with Crippen molar-refractivity contribution in [2.24, 2.45) is 0 Å². The molecule has 0 aromatic carbocycles. The van der Waals surface area contributed by atoms with Crippen molar-refractivity contribution in [1.82, 2.24) is 4.90 Å². The van der Waals surface area contributed by atoms with E-state index in [1.807, 2.05) is 4.90 Å². The lowest BCUT2D eigenvalue weighted by molar-refractivity contribution is 0.0694. The zero-order valence-electron chi connectivity index (χ0n) is 6.19. The van der Waals surface area contributed by atoms with Crippen molar-refractivity contribution in [2.75, 3.05) is 26.3 Å². The van der Waals surface area contributed by atoms with Gasteiger partial charge in [-0.15, -0.1) is 0 Å². The third-order valence-corrected chi connectivity index (χ3v) is 1.93. The van der Waals surface area contributed by atoms with Gasteiger partial charge in [-0.3, -0.25) is 0 Å². The van der Waals surface area contributed by atoms with Gasteiger partial charge in [0.05, 0.1) is 19.5 Å². The molecule has 0 aromatic rings. The highest BCUT2D eigenvalue weighted by atomic mass is 32.1. The van der Waals surface area contributed by atoms with Gasteiger partial charge in [-0.25, -0.2) is 0 Å². The predicted octanol–water partition coefficient (Wildman–Crippen LogP) is 0.718. The summed E-state index contributed by atoms with van der Waals surface area (Å²) in [6.45, 7) is 3.09. The third-order valence-electron chi connectivity index (χ3n) is 1.54. The Morgan fingerprint density at radius 1 is 1.45 bits per heavy atom. The fraction of sp³-hybridized carbons (Fsp3) is 0.571. The number of rotatable bonds is 1. The Morgan fingerprint density at radius 3 is 2.64 bits per heavy atom. The second-order valence-electron chi connectivity index (χ2n) is 2.25. The average molecular weight is 173 g/mol. The summed E-state index contributed by atoms with van der Waals surface area (Å²) >= 11 is 5.00. The molecule has 1 fully saturated rings. The summed E-state index contributed by atoms with van der Waals surface area (Å²) in [5.41, 5.74) is 0. The number of aliphatic hydroxyl groups is 1. The second-order valence-corrected chi connectivity index (χ2v) is 2.67. The van der Waals surface area contributed by atoms with Gasteiger partial charge in [-0.1, -0.05) is 12.2 Å². The van der Waals surface area contributed by atoms with Gasteiger partial charge in [0, 0.05) is 19.2 Å². The van der Waals surface area contributed by atoms with Gasteiger partial charge in [0.15, 0.2) is 0 Å². The molecule has 1 aliphatic rings. The van der Waals surface area contributed by atoms with Crippen molar-refractivity contribution in [2.45, 2.75) is 0 Å². The van der Waals surface area contributed by atoms with Crippen molar-refractivity contribution in [1.29, 1.82) is 0 Å². The summed E-state index contributed by atoms with van der Waals surface area (Å²) in [6, 6.07) is 0. The molecule has 0 spiro atoms. The van der Waals surface area contributed by atoms with E-state index >= 15 is 0 Å². The molecule has 1 N–H and O–H groups in total. The van der Waals surface area contributed by atoms with E-state index in [4.69, 9.17) is 22.1 Å². The van der Waals surface area contributed by atoms with Crippen LogP contribution in [-0.4, -0.2) is 41.3 Å². The summed E-state index contributed by atoms with van der Waals surface area (Å²) in [4.78, 5) is 2.68. The molecule has 0 radical (unpaired) electrons. The minimum atomic E-state index is 0.677. The Balaban J connectivity index is 2.38. The molecular weight excluding hydrogens is 162 g/mol. The van der Waals surface area contributed by atoms with Crippen LogP contribution >= 0.6 is 12.2 Å². The lowest BCUT2D eigenvalue weighted by Crippen LogP contribution is -2.38. The summed E-state index contributed by atoms with van der Waals surface area (Å²) in [6.07, 6.45) is 2.48. The van der Waals surface area contributed by atoms with E-state index in [2.05, 4.69) is 0 Å². The Morgan fingerprint density at radius 2 is 2.09 bits per heavy atom. The quantitative estimate of drug-likeness (QED) is 0.360. The summed E-state index contributed by atoms with van der Waals surface area (Å²) < 4.78 is 5.14. The van der Waals surface area contributed by atoms with Crippen molar-refractivity contribution >= 4 is 17.2 Å². The van der Waals surface area contributed by atoms with Gasteiger partial charge in [0.2, 0.25) is 0 Å². The smallest absolute Gasteiger partial charge is 0.105 e. The number of ether oxygens (including phenoxy) is 1. The molecule has 4 heteroatoms. The number of nitrogens with zero attached hydrogens (tertiary/aromatic N) is 1. The Bertz CT molecular complexity index is 164. The van der Waals surface area contributed by atoms with Gasteiger partial charge >= 0.3 is 0 Å². The van der Waals surface area contributed by atoms with Crippen LogP contribution < -0.4 is 0 Å². The maximum Gasteiger partial charge on any atom is 0.105 e. The minimum absolute atomic E-state index is 0.677. The van der Waals surface area contributed by atoms with Crippen LogP contribution in [0.4, 0.5) is 0 Å². The maximum absolute atomic E-state index is 8.44. The summed E-state index contributed by atoms with van der Waals surface area (Å²) in [7, 11) is 0. The van der Waals surface area contributed by atoms with Crippen LogP contribution in [0, 0.1) is 0 Å². The Labute approximate surface area is 71.3 Å². The Kier molecular flexibility index (Phi) is 3.32. The fourth-order valence-electron chi connectivity index (χ4n) is 0.953. The number of hydrogen-bond acceptors (Lipinski definition) is 3. The molecule has 1 rings (SSSR count). The van der Waals surface area contributed by atoms with Crippen LogP contribution in [0.3, 0.4) is 0 Å². The first-order valence-electron chi connectivity index (χ1n) is 3.52. The molecule has 0 amide bonds. The third kappa shape index (κ3) is 2.48. The molecule has 11 heavy (non-hydrogen) atoms. The molecule has 1 heterocycles. The summed E-state index contributed by atoms with van der Waals surface area (Å²) in [5.74, 6) is 0. The van der Waals surface area contributed by atoms with Crippen molar-refractivity contribution in [3.8, 4) is 0 Å². The van der Waals surface area contributed by atoms with E-state index in [9.17, 15) is 0 Å². The molecule has 0 aromatic heterocycles. The predicted molar refractivity (Wildman–Crippen MR) is 46.8 cm³/mol. The van der Waals surface area contributed by atoms with E-state index in [0.717, 1.165) is 32.6 Å². The first-order chi connectivity index (χ1) is 5.34. The van der Waals surface area contributed by atoms with E-state index in [0.29, 0.717) is 4.99 Å². The zero-order chi connectivity index (χ0) is 8.10. The highest BCUT2D eigenvalue weighted by Crippen LogP contribution is 1.99. The lowest BCUT2D eigenvalue weighted by atomic mass is 10.4. The first-order valence-corrected chi connectivity index (χ1v) is 3.93. The van der Waals surface area contributed by atoms with Crippen molar-refractivity contribution < 1.29 is 9.84 Å². The zero-order valence-corrected chi connectivity index (χ0v) is 7.01. The topological polar surface area (TPSA) is 32.7 Å². The standard InChI is InChI=1S/C7H11NO2S/c9-4-1-7(11)8-2-5-10-6-3-8/h1,4,9H,2-3,5-6H2. The number of thiocarbonyl (C=S) groups is 1. The van der Waals surface area contributed by atoms with Gasteiger partial charge in [-0.2, -0.15) is 0 Å². The van der Waals surface area contributed by atoms with Gasteiger partial charge in [0.1, 0.15) is 4.99 Å². The highest BCUT2D eigenvalue weighted by molar-refractivity contribution is 7.80. The van der Waals surface area contributed by atoms with E-state index in [1.165, 1.54) is 6.08 Å². The molecule has 62 valence electrons. The molecule has 1 aliphatic heterocycles. The fourth-order valence-corrected chi connectivity index (χ4v) is 1.20. The van der Waals surface area contributed by atoms with Gasteiger partial charge < -0.3 is 14.7 Å². The molecule has 1 saturated heterocycles. The van der Waals surface area contributed by atoms with Crippen LogP contribution in [0.25, 0.3) is 0 Å². The molecule has 0 aliphatic carbocycles. The summed E-state index contributed by atoms with van der Waals surface area (Å²) in [5, 5.41) is 8.44. The molecule has 0 unspecified atom stereocenters. The van der Waals surface area contributed by atoms with E-state index in [1.54, 1.807) is 0 Å². The van der Waals surface area contributed by atoms with Crippen LogP contribution in [0.5, 0.6) is 0 Å². The number of aliphatic hydroxyl groups excluding tert-OH is 1. The normalized spacial score (nSPS) is 19.1. The SMILES string of the molecule is OC=CC(=S)N1CCOCC1. The van der Waals surface area contributed by atoms with E-state index in [-0.39, 0.29) is 0 Å². The number of hydrogen-bond donors (Lipinski definition) is 1. The van der Waals surface area contributed by atoms with Gasteiger partial charge in [0.25, 0.3) is 0 Å². The Hall–Kier alpha value is -0.610. The largest absolute Gasteiger partial charge is 0.515 e. The minimum Gasteiger partial charge on any atom is -0.515 e. The van der Waals surface area contributed by atoms with Crippen molar-refractivity contribution in [3.63, 3.8) is 0 Å². The first kappa shape index (κ1) is 8.49. The average Bonchev–Trinajstić information content (AvgIpc) is 2.07. The maximum atomic E-state index is 8.44. The second kappa shape index (κ2) is 4.31. The monoisotopic (exact) mass is 173 g/mol. The highest BCUT2D eigenvalue weighted by Gasteiger charge is 2.10.